The molecule has 9 heteroatoms. The molecule has 5 nitrogen and oxygen atoms in total. The van der Waals surface area contributed by atoms with Crippen LogP contribution in [0.3, 0.4) is 0 Å². The molecule has 0 saturated carbocycles. The number of hydrogen-bond donors (Lipinski definition) is 1. The van der Waals surface area contributed by atoms with Crippen molar-refractivity contribution >= 4 is 15.7 Å². The van der Waals surface area contributed by atoms with Gasteiger partial charge in [0.2, 0.25) is 10.0 Å². The Bertz CT molecular complexity index is 804. The standard InChI is InChI=1S/C13H12F3N3O2S/c1-8-5-6-17-18-12(8)10-4-3-9(13(14,15)16)7-11(10)19-22(2,20)21/h3-7,19H,1-2H3. The van der Waals surface area contributed by atoms with E-state index in [9.17, 15) is 21.6 Å². The van der Waals surface area contributed by atoms with Crippen LogP contribution in [0.5, 0.6) is 0 Å². The van der Waals surface area contributed by atoms with Crippen LogP contribution >= 0.6 is 0 Å². The molecule has 0 bridgehead atoms. The molecule has 0 aliphatic rings. The number of nitrogens with zero attached hydrogens (tertiary/aromatic N) is 2. The van der Waals surface area contributed by atoms with Gasteiger partial charge in [0, 0.05) is 11.8 Å². The molecular formula is C13H12F3N3O2S. The zero-order chi connectivity index (χ0) is 16.5. The van der Waals surface area contributed by atoms with E-state index < -0.39 is 21.8 Å². The first kappa shape index (κ1) is 16.2. The summed E-state index contributed by atoms with van der Waals surface area (Å²) < 4.78 is 63.3. The summed E-state index contributed by atoms with van der Waals surface area (Å²) in [4.78, 5) is 0. The lowest BCUT2D eigenvalue weighted by molar-refractivity contribution is -0.137. The highest BCUT2D eigenvalue weighted by molar-refractivity contribution is 7.92. The van der Waals surface area contributed by atoms with Crippen molar-refractivity contribution < 1.29 is 21.6 Å². The molecule has 0 fully saturated rings. The Morgan fingerprint density at radius 3 is 2.41 bits per heavy atom. The number of rotatable bonds is 3. The quantitative estimate of drug-likeness (QED) is 0.939. The highest BCUT2D eigenvalue weighted by Gasteiger charge is 2.31. The molecule has 1 aromatic heterocycles. The molecule has 0 saturated heterocycles. The highest BCUT2D eigenvalue weighted by Crippen LogP contribution is 2.36. The van der Waals surface area contributed by atoms with Crippen LogP contribution in [0.15, 0.2) is 30.5 Å². The average molecular weight is 331 g/mol. The number of nitrogens with one attached hydrogen (secondary N) is 1. The molecule has 0 atom stereocenters. The Hall–Kier alpha value is -2.16. The van der Waals surface area contributed by atoms with Gasteiger partial charge in [0.1, 0.15) is 0 Å². The van der Waals surface area contributed by atoms with Gasteiger partial charge in [-0.15, -0.1) is 0 Å². The maximum absolute atomic E-state index is 12.8. The van der Waals surface area contributed by atoms with Gasteiger partial charge in [-0.2, -0.15) is 23.4 Å². The molecule has 1 aromatic carbocycles. The summed E-state index contributed by atoms with van der Waals surface area (Å²) in [5.41, 5.74) is 0.0441. The summed E-state index contributed by atoms with van der Waals surface area (Å²) >= 11 is 0. The topological polar surface area (TPSA) is 72.0 Å². The van der Waals surface area contributed by atoms with Crippen LogP contribution in [0.4, 0.5) is 18.9 Å². The van der Waals surface area contributed by atoms with Crippen molar-refractivity contribution in [2.75, 3.05) is 11.0 Å². The first-order valence-corrected chi connectivity index (χ1v) is 7.95. The summed E-state index contributed by atoms with van der Waals surface area (Å²) in [6.45, 7) is 1.70. The van der Waals surface area contributed by atoms with E-state index >= 15 is 0 Å². The van der Waals surface area contributed by atoms with Crippen LogP contribution in [0.25, 0.3) is 11.3 Å². The molecule has 1 N–H and O–H groups in total. The van der Waals surface area contributed by atoms with Crippen LogP contribution in [-0.4, -0.2) is 24.9 Å². The zero-order valence-electron chi connectivity index (χ0n) is 11.6. The molecule has 2 rings (SSSR count). The van der Waals surface area contributed by atoms with E-state index in [1.807, 2.05) is 0 Å². The number of halogens is 3. The van der Waals surface area contributed by atoms with Gasteiger partial charge in [0.15, 0.2) is 0 Å². The van der Waals surface area contributed by atoms with Gasteiger partial charge >= 0.3 is 6.18 Å². The van der Waals surface area contributed by atoms with E-state index in [0.717, 1.165) is 18.4 Å². The molecular weight excluding hydrogens is 319 g/mol. The van der Waals surface area contributed by atoms with Gasteiger partial charge < -0.3 is 0 Å². The third-order valence-electron chi connectivity index (χ3n) is 2.82. The zero-order valence-corrected chi connectivity index (χ0v) is 12.5. The molecule has 118 valence electrons. The van der Waals surface area contributed by atoms with Crippen LogP contribution in [0, 0.1) is 6.92 Å². The molecule has 0 aliphatic heterocycles. The minimum atomic E-state index is -4.58. The second-order valence-electron chi connectivity index (χ2n) is 4.70. The van der Waals surface area contributed by atoms with Gasteiger partial charge in [-0.25, -0.2) is 8.42 Å². The Kier molecular flexibility index (Phi) is 4.10. The molecule has 0 aliphatic carbocycles. The van der Waals surface area contributed by atoms with Crippen molar-refractivity contribution in [2.45, 2.75) is 13.1 Å². The molecule has 0 amide bonds. The van der Waals surface area contributed by atoms with E-state index in [2.05, 4.69) is 14.9 Å². The molecule has 22 heavy (non-hydrogen) atoms. The maximum atomic E-state index is 12.8. The number of aryl methyl sites for hydroxylation is 1. The van der Waals surface area contributed by atoms with E-state index in [4.69, 9.17) is 0 Å². The number of anilines is 1. The first-order valence-electron chi connectivity index (χ1n) is 6.05. The lowest BCUT2D eigenvalue weighted by Crippen LogP contribution is -2.13. The average Bonchev–Trinajstić information content (AvgIpc) is 2.37. The highest BCUT2D eigenvalue weighted by atomic mass is 32.2. The minimum absolute atomic E-state index is 0.194. The molecule has 2 aromatic rings. The fourth-order valence-corrected chi connectivity index (χ4v) is 2.44. The van der Waals surface area contributed by atoms with Crippen molar-refractivity contribution in [2.24, 2.45) is 0 Å². The van der Waals surface area contributed by atoms with Gasteiger partial charge in [0.05, 0.1) is 23.2 Å². The second-order valence-corrected chi connectivity index (χ2v) is 6.44. The molecule has 0 unspecified atom stereocenters. The predicted octanol–water partition coefficient (Wildman–Crippen LogP) is 2.84. The third-order valence-corrected chi connectivity index (χ3v) is 3.41. The largest absolute Gasteiger partial charge is 0.416 e. The SMILES string of the molecule is Cc1ccnnc1-c1ccc(C(F)(F)F)cc1NS(C)(=O)=O. The molecule has 0 radical (unpaired) electrons. The smallest absolute Gasteiger partial charge is 0.283 e. The van der Waals surface area contributed by atoms with Gasteiger partial charge in [-0.1, -0.05) is 6.07 Å². The third kappa shape index (κ3) is 3.73. The Balaban J connectivity index is 2.66. The van der Waals surface area contributed by atoms with Gasteiger partial charge in [0.25, 0.3) is 0 Å². The summed E-state index contributed by atoms with van der Waals surface area (Å²) in [6, 6.07) is 4.42. The number of aromatic nitrogens is 2. The predicted molar refractivity (Wildman–Crippen MR) is 75.7 cm³/mol. The van der Waals surface area contributed by atoms with Crippen molar-refractivity contribution in [1.29, 1.82) is 0 Å². The van der Waals surface area contributed by atoms with Crippen molar-refractivity contribution in [3.05, 3.63) is 41.6 Å². The Labute approximate surface area is 125 Å². The summed E-state index contributed by atoms with van der Waals surface area (Å²) in [6.07, 6.45) is -2.28. The second kappa shape index (κ2) is 5.56. The molecule has 1 heterocycles. The van der Waals surface area contributed by atoms with Crippen molar-refractivity contribution in [3.63, 3.8) is 0 Å². The van der Waals surface area contributed by atoms with Crippen LogP contribution in [0.2, 0.25) is 0 Å². The number of hydrogen-bond acceptors (Lipinski definition) is 4. The van der Waals surface area contributed by atoms with E-state index in [-0.39, 0.29) is 11.3 Å². The van der Waals surface area contributed by atoms with E-state index in [1.54, 1.807) is 13.0 Å². The monoisotopic (exact) mass is 331 g/mol. The van der Waals surface area contributed by atoms with Crippen molar-refractivity contribution in [3.8, 4) is 11.3 Å². The van der Waals surface area contributed by atoms with Crippen molar-refractivity contribution in [1.82, 2.24) is 10.2 Å². The number of alkyl halides is 3. The summed E-state index contributed by atoms with van der Waals surface area (Å²) in [5.74, 6) is 0. The Morgan fingerprint density at radius 2 is 1.86 bits per heavy atom. The van der Waals surface area contributed by atoms with Crippen LogP contribution in [0.1, 0.15) is 11.1 Å². The summed E-state index contributed by atoms with van der Waals surface area (Å²) in [7, 11) is -3.75. The lowest BCUT2D eigenvalue weighted by atomic mass is 10.0. The number of sulfonamides is 1. The van der Waals surface area contributed by atoms with E-state index in [0.29, 0.717) is 11.3 Å². The first-order chi connectivity index (χ1) is 10.1. The van der Waals surface area contributed by atoms with E-state index in [1.165, 1.54) is 12.3 Å². The van der Waals surface area contributed by atoms with Gasteiger partial charge in [-0.05, 0) is 30.7 Å². The molecule has 0 spiro atoms. The lowest BCUT2D eigenvalue weighted by Gasteiger charge is -2.14. The maximum Gasteiger partial charge on any atom is 0.416 e. The summed E-state index contributed by atoms with van der Waals surface area (Å²) in [5, 5.41) is 7.55. The Morgan fingerprint density at radius 1 is 1.18 bits per heavy atom. The van der Waals surface area contributed by atoms with Gasteiger partial charge in [-0.3, -0.25) is 4.72 Å². The normalized spacial score (nSPS) is 12.2. The van der Waals surface area contributed by atoms with Crippen LogP contribution < -0.4 is 4.72 Å². The number of benzene rings is 1. The fourth-order valence-electron chi connectivity index (χ4n) is 1.87. The minimum Gasteiger partial charge on any atom is -0.283 e. The van der Waals surface area contributed by atoms with Crippen LogP contribution in [-0.2, 0) is 16.2 Å². The fraction of sp³-hybridized carbons (Fsp3) is 0.231.